The standard InChI is InChI=1S/C10H22N4O2/c1-8(2)13-9(14-11)12-6-10(15-3)4-5-16-7-10/h8H,4-7,11H2,1-3H3,(H2,12,13,14). The molecule has 0 amide bonds. The third-order valence-corrected chi connectivity index (χ3v) is 2.59. The van der Waals surface area contributed by atoms with Crippen LogP contribution in [0.2, 0.25) is 0 Å². The summed E-state index contributed by atoms with van der Waals surface area (Å²) in [6.45, 7) is 5.91. The predicted molar refractivity (Wildman–Crippen MR) is 63.1 cm³/mol. The fraction of sp³-hybridized carbons (Fsp3) is 0.900. The SMILES string of the molecule is COC1(CN=C(NN)NC(C)C)CCOC1. The van der Waals surface area contributed by atoms with Crippen LogP contribution in [-0.2, 0) is 9.47 Å². The highest BCUT2D eigenvalue weighted by Crippen LogP contribution is 2.22. The van der Waals surface area contributed by atoms with Gasteiger partial charge in [-0.3, -0.25) is 5.43 Å². The normalized spacial score (nSPS) is 26.2. The zero-order valence-corrected chi connectivity index (χ0v) is 10.2. The van der Waals surface area contributed by atoms with Crippen molar-refractivity contribution in [2.75, 3.05) is 26.9 Å². The molecule has 0 aromatic carbocycles. The lowest BCUT2D eigenvalue weighted by Crippen LogP contribution is -2.46. The van der Waals surface area contributed by atoms with Gasteiger partial charge in [-0.25, -0.2) is 10.8 Å². The lowest BCUT2D eigenvalue weighted by Gasteiger charge is -2.24. The molecule has 1 saturated heterocycles. The Bertz CT molecular complexity index is 237. The molecule has 16 heavy (non-hydrogen) atoms. The first-order valence-electron chi connectivity index (χ1n) is 5.52. The Morgan fingerprint density at radius 2 is 2.38 bits per heavy atom. The molecule has 1 atom stereocenters. The molecule has 6 heteroatoms. The lowest BCUT2D eigenvalue weighted by atomic mass is 10.0. The van der Waals surface area contributed by atoms with E-state index in [1.165, 1.54) is 0 Å². The summed E-state index contributed by atoms with van der Waals surface area (Å²) in [5.41, 5.74) is 2.25. The summed E-state index contributed by atoms with van der Waals surface area (Å²) in [6, 6.07) is 0.285. The number of ether oxygens (including phenoxy) is 2. The Balaban J connectivity index is 2.53. The Morgan fingerprint density at radius 3 is 2.81 bits per heavy atom. The largest absolute Gasteiger partial charge is 0.378 e. The van der Waals surface area contributed by atoms with Crippen molar-refractivity contribution in [2.24, 2.45) is 10.8 Å². The monoisotopic (exact) mass is 230 g/mol. The van der Waals surface area contributed by atoms with Crippen molar-refractivity contribution >= 4 is 5.96 Å². The highest BCUT2D eigenvalue weighted by molar-refractivity contribution is 5.79. The Morgan fingerprint density at radius 1 is 1.62 bits per heavy atom. The molecular formula is C10H22N4O2. The van der Waals surface area contributed by atoms with Gasteiger partial charge in [-0.1, -0.05) is 0 Å². The summed E-state index contributed by atoms with van der Waals surface area (Å²) >= 11 is 0. The van der Waals surface area contributed by atoms with Crippen molar-refractivity contribution in [1.82, 2.24) is 10.7 Å². The number of hydrogen-bond donors (Lipinski definition) is 3. The zero-order chi connectivity index (χ0) is 12.0. The molecule has 94 valence electrons. The van der Waals surface area contributed by atoms with E-state index in [-0.39, 0.29) is 11.6 Å². The van der Waals surface area contributed by atoms with Gasteiger partial charge in [0.25, 0.3) is 0 Å². The number of nitrogens with zero attached hydrogens (tertiary/aromatic N) is 1. The van der Waals surface area contributed by atoms with E-state index >= 15 is 0 Å². The van der Waals surface area contributed by atoms with E-state index in [9.17, 15) is 0 Å². The molecule has 1 aliphatic heterocycles. The van der Waals surface area contributed by atoms with Crippen molar-refractivity contribution in [3.63, 3.8) is 0 Å². The molecule has 0 spiro atoms. The molecule has 0 aromatic rings. The van der Waals surface area contributed by atoms with Gasteiger partial charge in [0.1, 0.15) is 5.60 Å². The number of hydrazine groups is 1. The Kier molecular flexibility index (Phi) is 4.98. The maximum atomic E-state index is 5.47. The molecule has 0 bridgehead atoms. The number of guanidine groups is 1. The fourth-order valence-corrected chi connectivity index (χ4v) is 1.57. The van der Waals surface area contributed by atoms with Crippen LogP contribution in [0, 0.1) is 0 Å². The minimum atomic E-state index is -0.291. The van der Waals surface area contributed by atoms with Gasteiger partial charge in [-0.05, 0) is 13.8 Å². The van der Waals surface area contributed by atoms with Gasteiger partial charge < -0.3 is 14.8 Å². The summed E-state index contributed by atoms with van der Waals surface area (Å²) in [7, 11) is 1.69. The first-order valence-corrected chi connectivity index (χ1v) is 5.52. The van der Waals surface area contributed by atoms with E-state index in [0.29, 0.717) is 19.1 Å². The highest BCUT2D eigenvalue weighted by Gasteiger charge is 2.34. The average molecular weight is 230 g/mol. The molecule has 1 unspecified atom stereocenters. The maximum absolute atomic E-state index is 5.47. The summed E-state index contributed by atoms with van der Waals surface area (Å²) in [5.74, 6) is 5.96. The van der Waals surface area contributed by atoms with Crippen molar-refractivity contribution in [3.05, 3.63) is 0 Å². The van der Waals surface area contributed by atoms with Gasteiger partial charge >= 0.3 is 0 Å². The number of hydrogen-bond acceptors (Lipinski definition) is 4. The van der Waals surface area contributed by atoms with E-state index in [0.717, 1.165) is 13.0 Å². The maximum Gasteiger partial charge on any atom is 0.206 e. The smallest absolute Gasteiger partial charge is 0.206 e. The number of methoxy groups -OCH3 is 1. The molecular weight excluding hydrogens is 208 g/mol. The predicted octanol–water partition coefficient (Wildman–Crippen LogP) is -0.391. The first kappa shape index (κ1) is 13.2. The van der Waals surface area contributed by atoms with Gasteiger partial charge in [-0.15, -0.1) is 0 Å². The number of rotatable bonds is 4. The molecule has 0 aromatic heterocycles. The second kappa shape index (κ2) is 6.03. The first-order chi connectivity index (χ1) is 7.62. The minimum absolute atomic E-state index is 0.285. The Hall–Kier alpha value is -0.850. The van der Waals surface area contributed by atoms with Crippen molar-refractivity contribution in [1.29, 1.82) is 0 Å². The summed E-state index contributed by atoms with van der Waals surface area (Å²) in [6.07, 6.45) is 0.868. The molecule has 1 heterocycles. The molecule has 4 N–H and O–H groups in total. The van der Waals surface area contributed by atoms with Crippen LogP contribution in [0.5, 0.6) is 0 Å². The molecule has 0 radical (unpaired) electrons. The average Bonchev–Trinajstić information content (AvgIpc) is 2.73. The van der Waals surface area contributed by atoms with Crippen molar-refractivity contribution < 1.29 is 9.47 Å². The van der Waals surface area contributed by atoms with Gasteiger partial charge in [-0.2, -0.15) is 0 Å². The van der Waals surface area contributed by atoms with Crippen LogP contribution >= 0.6 is 0 Å². The number of aliphatic imine (C=N–C) groups is 1. The van der Waals surface area contributed by atoms with Crippen LogP contribution in [0.3, 0.4) is 0 Å². The van der Waals surface area contributed by atoms with Gasteiger partial charge in [0.15, 0.2) is 0 Å². The van der Waals surface area contributed by atoms with E-state index in [2.05, 4.69) is 15.7 Å². The van der Waals surface area contributed by atoms with Crippen LogP contribution in [0.1, 0.15) is 20.3 Å². The number of nitrogens with one attached hydrogen (secondary N) is 2. The Labute approximate surface area is 96.6 Å². The minimum Gasteiger partial charge on any atom is -0.378 e. The topological polar surface area (TPSA) is 80.9 Å². The van der Waals surface area contributed by atoms with Crippen LogP contribution in [-0.4, -0.2) is 44.5 Å². The van der Waals surface area contributed by atoms with Gasteiger partial charge in [0, 0.05) is 26.2 Å². The highest BCUT2D eigenvalue weighted by atomic mass is 16.5. The van der Waals surface area contributed by atoms with Crippen LogP contribution < -0.4 is 16.6 Å². The number of nitrogens with two attached hydrogens (primary N) is 1. The third-order valence-electron chi connectivity index (χ3n) is 2.59. The van der Waals surface area contributed by atoms with Crippen molar-refractivity contribution in [2.45, 2.75) is 31.9 Å². The molecule has 6 nitrogen and oxygen atoms in total. The summed E-state index contributed by atoms with van der Waals surface area (Å²) in [4.78, 5) is 4.37. The molecule has 0 saturated carbocycles. The fourth-order valence-electron chi connectivity index (χ4n) is 1.57. The lowest BCUT2D eigenvalue weighted by molar-refractivity contribution is -0.00909. The van der Waals surface area contributed by atoms with Crippen LogP contribution in [0.15, 0.2) is 4.99 Å². The van der Waals surface area contributed by atoms with E-state index in [1.54, 1.807) is 7.11 Å². The third kappa shape index (κ3) is 3.62. The van der Waals surface area contributed by atoms with Gasteiger partial charge in [0.05, 0.1) is 13.2 Å². The summed E-state index contributed by atoms with van der Waals surface area (Å²) < 4.78 is 10.8. The van der Waals surface area contributed by atoms with E-state index in [1.807, 2.05) is 13.8 Å². The van der Waals surface area contributed by atoms with E-state index in [4.69, 9.17) is 15.3 Å². The van der Waals surface area contributed by atoms with Crippen LogP contribution in [0.4, 0.5) is 0 Å². The molecule has 1 fully saturated rings. The second-order valence-corrected chi connectivity index (χ2v) is 4.30. The van der Waals surface area contributed by atoms with E-state index < -0.39 is 0 Å². The molecule has 1 rings (SSSR count). The quantitative estimate of drug-likeness (QED) is 0.265. The molecule has 1 aliphatic rings. The molecule has 0 aliphatic carbocycles. The van der Waals surface area contributed by atoms with Crippen LogP contribution in [0.25, 0.3) is 0 Å². The van der Waals surface area contributed by atoms with Crippen molar-refractivity contribution in [3.8, 4) is 0 Å². The van der Waals surface area contributed by atoms with Gasteiger partial charge in [0.2, 0.25) is 5.96 Å². The summed E-state index contributed by atoms with van der Waals surface area (Å²) in [5, 5.41) is 3.11. The second-order valence-electron chi connectivity index (χ2n) is 4.30. The zero-order valence-electron chi connectivity index (χ0n) is 10.2.